The SMILES string of the molecule is Cc1ccc2c(Cc3ccc(S(C)=O)cc3)nccc2c1NC(=O)c1csc2c(N)ncnc12. The molecule has 1 atom stereocenters. The van der Waals surface area contributed by atoms with Crippen molar-refractivity contribution in [1.82, 2.24) is 15.0 Å². The first-order chi connectivity index (χ1) is 16.4. The molecule has 2 aromatic carbocycles. The molecule has 0 saturated carbocycles. The Hall–Kier alpha value is -3.69. The molecule has 5 aromatic rings. The minimum Gasteiger partial charge on any atom is -0.382 e. The van der Waals surface area contributed by atoms with E-state index < -0.39 is 10.8 Å². The number of benzene rings is 2. The maximum Gasteiger partial charge on any atom is 0.258 e. The summed E-state index contributed by atoms with van der Waals surface area (Å²) in [5.74, 6) is 0.116. The molecule has 0 radical (unpaired) electrons. The summed E-state index contributed by atoms with van der Waals surface area (Å²) >= 11 is 1.35. The molecule has 0 spiro atoms. The van der Waals surface area contributed by atoms with Crippen molar-refractivity contribution in [3.63, 3.8) is 0 Å². The van der Waals surface area contributed by atoms with Crippen LogP contribution in [0.3, 0.4) is 0 Å². The summed E-state index contributed by atoms with van der Waals surface area (Å²) in [4.78, 5) is 26.9. The van der Waals surface area contributed by atoms with Gasteiger partial charge in [0.2, 0.25) is 0 Å². The van der Waals surface area contributed by atoms with Crippen molar-refractivity contribution < 1.29 is 9.00 Å². The van der Waals surface area contributed by atoms with Crippen LogP contribution in [0.5, 0.6) is 0 Å². The molecule has 0 aliphatic carbocycles. The van der Waals surface area contributed by atoms with Gasteiger partial charge in [0, 0.05) is 50.7 Å². The maximum atomic E-state index is 13.2. The first-order valence-corrected chi connectivity index (χ1v) is 12.9. The average molecular weight is 488 g/mol. The summed E-state index contributed by atoms with van der Waals surface area (Å²) in [6.45, 7) is 1.96. The van der Waals surface area contributed by atoms with Gasteiger partial charge in [-0.25, -0.2) is 9.97 Å². The van der Waals surface area contributed by atoms with Crippen molar-refractivity contribution >= 4 is 60.5 Å². The molecule has 1 unspecified atom stereocenters. The number of nitrogens with two attached hydrogens (primary N) is 1. The summed E-state index contributed by atoms with van der Waals surface area (Å²) < 4.78 is 12.4. The third kappa shape index (κ3) is 4.04. The first-order valence-electron chi connectivity index (χ1n) is 10.5. The van der Waals surface area contributed by atoms with Crippen molar-refractivity contribution in [2.45, 2.75) is 18.2 Å². The molecule has 7 nitrogen and oxygen atoms in total. The van der Waals surface area contributed by atoms with Gasteiger partial charge in [-0.3, -0.25) is 14.0 Å². The predicted molar refractivity (Wildman–Crippen MR) is 138 cm³/mol. The number of anilines is 2. The third-order valence-electron chi connectivity index (χ3n) is 5.73. The van der Waals surface area contributed by atoms with Crippen LogP contribution in [0.25, 0.3) is 21.0 Å². The van der Waals surface area contributed by atoms with Crippen LogP contribution in [-0.4, -0.2) is 31.3 Å². The van der Waals surface area contributed by atoms with E-state index in [0.29, 0.717) is 28.0 Å². The van der Waals surface area contributed by atoms with Crippen LogP contribution < -0.4 is 11.1 Å². The molecule has 0 saturated heterocycles. The molecule has 5 rings (SSSR count). The minimum absolute atomic E-state index is 0.249. The van der Waals surface area contributed by atoms with E-state index in [0.717, 1.165) is 38.2 Å². The van der Waals surface area contributed by atoms with Gasteiger partial charge in [-0.2, -0.15) is 0 Å². The molecule has 3 aromatic heterocycles. The van der Waals surface area contributed by atoms with Crippen LogP contribution in [0.4, 0.5) is 11.5 Å². The smallest absolute Gasteiger partial charge is 0.258 e. The number of hydrogen-bond donors (Lipinski definition) is 2. The number of carbonyl (C=O) groups is 1. The Balaban J connectivity index is 1.50. The number of amides is 1. The lowest BCUT2D eigenvalue weighted by atomic mass is 10.00. The van der Waals surface area contributed by atoms with Gasteiger partial charge >= 0.3 is 0 Å². The number of nitrogens with one attached hydrogen (secondary N) is 1. The molecular weight excluding hydrogens is 466 g/mol. The van der Waals surface area contributed by atoms with Gasteiger partial charge in [0.25, 0.3) is 5.91 Å². The Bertz CT molecular complexity index is 1580. The Kier molecular flexibility index (Phi) is 5.80. The molecule has 3 heterocycles. The number of carbonyl (C=O) groups excluding carboxylic acids is 1. The lowest BCUT2D eigenvalue weighted by molar-refractivity contribution is 0.102. The summed E-state index contributed by atoms with van der Waals surface area (Å²) in [5.41, 5.74) is 10.6. The van der Waals surface area contributed by atoms with Crippen molar-refractivity contribution in [2.24, 2.45) is 0 Å². The molecule has 1 amide bonds. The highest BCUT2D eigenvalue weighted by molar-refractivity contribution is 7.84. The van der Waals surface area contributed by atoms with Crippen molar-refractivity contribution in [2.75, 3.05) is 17.3 Å². The molecule has 0 aliphatic heterocycles. The lowest BCUT2D eigenvalue weighted by Crippen LogP contribution is -2.13. The number of pyridine rings is 1. The van der Waals surface area contributed by atoms with E-state index >= 15 is 0 Å². The van der Waals surface area contributed by atoms with Crippen LogP contribution in [0.15, 0.2) is 65.3 Å². The van der Waals surface area contributed by atoms with Crippen molar-refractivity contribution in [1.29, 1.82) is 0 Å². The first kappa shape index (κ1) is 22.1. The number of nitrogen functional groups attached to an aromatic ring is 1. The molecule has 0 fully saturated rings. The highest BCUT2D eigenvalue weighted by Gasteiger charge is 2.18. The van der Waals surface area contributed by atoms with E-state index in [9.17, 15) is 9.00 Å². The number of thiophene rings is 1. The quantitative estimate of drug-likeness (QED) is 0.371. The van der Waals surface area contributed by atoms with E-state index in [-0.39, 0.29) is 5.91 Å². The topological polar surface area (TPSA) is 111 Å². The highest BCUT2D eigenvalue weighted by Crippen LogP contribution is 2.32. The zero-order chi connectivity index (χ0) is 23.8. The van der Waals surface area contributed by atoms with Gasteiger partial charge < -0.3 is 11.1 Å². The van der Waals surface area contributed by atoms with Crippen LogP contribution in [0, 0.1) is 6.92 Å². The average Bonchev–Trinajstić information content (AvgIpc) is 3.27. The predicted octanol–water partition coefficient (Wildman–Crippen LogP) is 4.71. The molecule has 170 valence electrons. The van der Waals surface area contributed by atoms with E-state index in [1.165, 1.54) is 17.7 Å². The number of aryl methyl sites for hydroxylation is 1. The van der Waals surface area contributed by atoms with Gasteiger partial charge in [0.1, 0.15) is 12.1 Å². The summed E-state index contributed by atoms with van der Waals surface area (Å²) in [7, 11) is -1.01. The van der Waals surface area contributed by atoms with Gasteiger partial charge in [0.15, 0.2) is 0 Å². The van der Waals surface area contributed by atoms with Gasteiger partial charge in [-0.15, -0.1) is 11.3 Å². The second-order valence-corrected chi connectivity index (χ2v) is 10.2. The Morgan fingerprint density at radius 2 is 1.85 bits per heavy atom. The Labute approximate surface area is 202 Å². The fourth-order valence-electron chi connectivity index (χ4n) is 3.93. The molecule has 3 N–H and O–H groups in total. The van der Waals surface area contributed by atoms with E-state index in [4.69, 9.17) is 5.73 Å². The Morgan fingerprint density at radius 1 is 1.06 bits per heavy atom. The summed E-state index contributed by atoms with van der Waals surface area (Å²) in [6.07, 6.45) is 5.42. The monoisotopic (exact) mass is 487 g/mol. The zero-order valence-electron chi connectivity index (χ0n) is 18.5. The molecular formula is C25H21N5O2S2. The molecule has 9 heteroatoms. The standard InChI is InChI=1S/C25H21N5O2S2/c1-14-3-8-17-18(9-10-27-20(17)11-15-4-6-16(7-5-15)34(2)32)21(14)30-25(31)19-12-33-23-22(19)28-13-29-24(23)26/h3-10,12-13H,11H2,1-2H3,(H,30,31)(H2,26,28,29). The van der Waals surface area contributed by atoms with Crippen LogP contribution in [0.1, 0.15) is 27.2 Å². The van der Waals surface area contributed by atoms with Crippen LogP contribution in [0.2, 0.25) is 0 Å². The fourth-order valence-corrected chi connectivity index (χ4v) is 5.36. The van der Waals surface area contributed by atoms with E-state index in [1.54, 1.807) is 17.8 Å². The van der Waals surface area contributed by atoms with E-state index in [1.807, 2.05) is 49.4 Å². The van der Waals surface area contributed by atoms with Gasteiger partial charge in [-0.1, -0.05) is 24.3 Å². The van der Waals surface area contributed by atoms with Crippen molar-refractivity contribution in [3.05, 3.63) is 82.8 Å². The fraction of sp³-hybridized carbons (Fsp3) is 0.120. The number of nitrogens with zero attached hydrogens (tertiary/aromatic N) is 3. The summed E-state index contributed by atoms with van der Waals surface area (Å²) in [5, 5.41) is 6.72. The number of hydrogen-bond acceptors (Lipinski definition) is 7. The number of aromatic nitrogens is 3. The largest absolute Gasteiger partial charge is 0.382 e. The number of fused-ring (bicyclic) bond motifs is 2. The number of rotatable bonds is 5. The Morgan fingerprint density at radius 3 is 2.62 bits per heavy atom. The van der Waals surface area contributed by atoms with Gasteiger partial charge in [-0.05, 0) is 36.2 Å². The zero-order valence-corrected chi connectivity index (χ0v) is 20.2. The molecule has 0 aliphatic rings. The van der Waals surface area contributed by atoms with E-state index in [2.05, 4.69) is 20.3 Å². The highest BCUT2D eigenvalue weighted by atomic mass is 32.2. The molecule has 0 bridgehead atoms. The second kappa shape index (κ2) is 8.92. The minimum atomic E-state index is -1.01. The van der Waals surface area contributed by atoms with Crippen molar-refractivity contribution in [3.8, 4) is 0 Å². The molecule has 34 heavy (non-hydrogen) atoms. The van der Waals surface area contributed by atoms with Crippen LogP contribution in [-0.2, 0) is 17.2 Å². The van der Waals surface area contributed by atoms with Gasteiger partial charge in [0.05, 0.1) is 27.2 Å². The summed E-state index contributed by atoms with van der Waals surface area (Å²) in [6, 6.07) is 13.6. The lowest BCUT2D eigenvalue weighted by Gasteiger charge is -2.14. The maximum absolute atomic E-state index is 13.2. The third-order valence-corrected chi connectivity index (χ3v) is 7.66. The van der Waals surface area contributed by atoms with Crippen LogP contribution >= 0.6 is 11.3 Å². The second-order valence-electron chi connectivity index (χ2n) is 7.93. The normalized spacial score (nSPS) is 12.2.